The van der Waals surface area contributed by atoms with Crippen molar-refractivity contribution >= 4 is 5.97 Å². The van der Waals surface area contributed by atoms with Crippen molar-refractivity contribution in [1.82, 2.24) is 0 Å². The van der Waals surface area contributed by atoms with E-state index in [0.29, 0.717) is 5.56 Å². The molecule has 0 radical (unpaired) electrons. The van der Waals surface area contributed by atoms with Crippen LogP contribution in [0.5, 0.6) is 0 Å². The molecule has 5 heteroatoms. The molecule has 0 bridgehead atoms. The zero-order chi connectivity index (χ0) is 13.1. The number of rotatable bonds is 3. The summed E-state index contributed by atoms with van der Waals surface area (Å²) in [6, 6.07) is 5.55. The number of carbonyl (C=O) groups excluding carboxylic acids is 1. The van der Waals surface area contributed by atoms with Crippen LogP contribution >= 0.6 is 0 Å². The molecular weight excluding hydrogens is 228 g/mol. The minimum atomic E-state index is -3.80. The topological polar surface area (TPSA) is 50.1 Å². The van der Waals surface area contributed by atoms with Crippen molar-refractivity contribution in [3.8, 4) is 6.07 Å². The van der Waals surface area contributed by atoms with Crippen molar-refractivity contribution in [2.24, 2.45) is 0 Å². The molecule has 1 aromatic rings. The number of benzene rings is 1. The normalized spacial score (nSPS) is 10.8. The van der Waals surface area contributed by atoms with Gasteiger partial charge >= 0.3 is 11.9 Å². The summed E-state index contributed by atoms with van der Waals surface area (Å²) < 4.78 is 31.8. The average Bonchev–Trinajstić information content (AvgIpc) is 2.29. The second kappa shape index (κ2) is 4.91. The molecule has 0 aliphatic carbocycles. The Bertz CT molecular complexity index is 478. The van der Waals surface area contributed by atoms with Gasteiger partial charge in [0.25, 0.3) is 0 Å². The van der Waals surface area contributed by atoms with E-state index < -0.39 is 17.5 Å². The van der Waals surface area contributed by atoms with E-state index >= 15 is 0 Å². The minimum Gasteiger partial charge on any atom is -0.461 e. The number of nitriles is 1. The van der Waals surface area contributed by atoms with E-state index in [1.54, 1.807) is 13.0 Å². The van der Waals surface area contributed by atoms with Crippen molar-refractivity contribution < 1.29 is 18.3 Å². The van der Waals surface area contributed by atoms with Gasteiger partial charge in [-0.05, 0) is 26.0 Å². The van der Waals surface area contributed by atoms with Gasteiger partial charge in [-0.1, -0.05) is 11.6 Å². The lowest BCUT2D eigenvalue weighted by Crippen LogP contribution is -2.29. The molecule has 0 aliphatic heterocycles. The van der Waals surface area contributed by atoms with Gasteiger partial charge in [0, 0.05) is 0 Å². The van der Waals surface area contributed by atoms with Crippen LogP contribution in [0.4, 0.5) is 8.78 Å². The molecule has 0 fully saturated rings. The van der Waals surface area contributed by atoms with Gasteiger partial charge in [-0.15, -0.1) is 0 Å². The lowest BCUT2D eigenvalue weighted by molar-refractivity contribution is -0.173. The molecule has 0 amide bonds. The van der Waals surface area contributed by atoms with Crippen LogP contribution in [0.3, 0.4) is 0 Å². The standard InChI is InChI=1S/C12H11F2NO2/c1-3-17-11(16)12(13,14)10-6-8(2)4-5-9(10)7-15/h4-6H,3H2,1-2H3. The SMILES string of the molecule is CCOC(=O)C(F)(F)c1cc(C)ccc1C#N. The van der Waals surface area contributed by atoms with E-state index in [1.807, 2.05) is 0 Å². The molecule has 0 unspecified atom stereocenters. The molecule has 0 aromatic heterocycles. The van der Waals surface area contributed by atoms with E-state index in [-0.39, 0.29) is 12.2 Å². The second-order valence-corrected chi connectivity index (χ2v) is 3.46. The molecule has 3 nitrogen and oxygen atoms in total. The summed E-state index contributed by atoms with van der Waals surface area (Å²) in [6.07, 6.45) is 0. The first-order valence-electron chi connectivity index (χ1n) is 4.99. The van der Waals surface area contributed by atoms with Gasteiger partial charge in [0.15, 0.2) is 0 Å². The summed E-state index contributed by atoms with van der Waals surface area (Å²) in [5.74, 6) is -5.44. The summed E-state index contributed by atoms with van der Waals surface area (Å²) in [5, 5.41) is 8.75. The molecule has 17 heavy (non-hydrogen) atoms. The summed E-state index contributed by atoms with van der Waals surface area (Å²) >= 11 is 0. The maximum absolute atomic E-state index is 13.7. The molecule has 1 aromatic carbocycles. The Morgan fingerprint density at radius 1 is 1.53 bits per heavy atom. The second-order valence-electron chi connectivity index (χ2n) is 3.46. The van der Waals surface area contributed by atoms with Crippen molar-refractivity contribution in [2.75, 3.05) is 6.61 Å². The maximum Gasteiger partial charge on any atom is 0.382 e. The lowest BCUT2D eigenvalue weighted by atomic mass is 10.00. The van der Waals surface area contributed by atoms with Gasteiger partial charge in [-0.3, -0.25) is 0 Å². The lowest BCUT2D eigenvalue weighted by Gasteiger charge is -2.16. The Morgan fingerprint density at radius 3 is 2.71 bits per heavy atom. The zero-order valence-corrected chi connectivity index (χ0v) is 9.46. The summed E-state index contributed by atoms with van der Waals surface area (Å²) in [4.78, 5) is 11.2. The predicted octanol–water partition coefficient (Wildman–Crippen LogP) is 2.52. The molecule has 0 spiro atoms. The maximum atomic E-state index is 13.7. The van der Waals surface area contributed by atoms with Gasteiger partial charge in [0.2, 0.25) is 0 Å². The van der Waals surface area contributed by atoms with Gasteiger partial charge in [0.05, 0.1) is 23.8 Å². The van der Waals surface area contributed by atoms with Gasteiger partial charge < -0.3 is 4.74 Å². The first-order valence-corrected chi connectivity index (χ1v) is 4.99. The molecular formula is C12H11F2NO2. The van der Waals surface area contributed by atoms with Crippen molar-refractivity contribution in [2.45, 2.75) is 19.8 Å². The number of esters is 1. The van der Waals surface area contributed by atoms with E-state index in [4.69, 9.17) is 5.26 Å². The largest absolute Gasteiger partial charge is 0.461 e. The van der Waals surface area contributed by atoms with E-state index in [2.05, 4.69) is 4.74 Å². The molecule has 0 aliphatic rings. The van der Waals surface area contributed by atoms with Crippen LogP contribution in [0.2, 0.25) is 0 Å². The van der Waals surface area contributed by atoms with Crippen LogP contribution < -0.4 is 0 Å². The van der Waals surface area contributed by atoms with E-state index in [9.17, 15) is 13.6 Å². The number of carbonyl (C=O) groups is 1. The Morgan fingerprint density at radius 2 is 2.18 bits per heavy atom. The van der Waals surface area contributed by atoms with Gasteiger partial charge in [0.1, 0.15) is 0 Å². The zero-order valence-electron chi connectivity index (χ0n) is 9.46. The number of aryl methyl sites for hydroxylation is 1. The third kappa shape index (κ3) is 2.59. The summed E-state index contributed by atoms with van der Waals surface area (Å²) in [5.41, 5.74) is -0.296. The third-order valence-corrected chi connectivity index (χ3v) is 2.17. The van der Waals surface area contributed by atoms with E-state index in [1.165, 1.54) is 19.1 Å². The van der Waals surface area contributed by atoms with Crippen LogP contribution in [0.15, 0.2) is 18.2 Å². The van der Waals surface area contributed by atoms with Crippen LogP contribution in [-0.2, 0) is 15.5 Å². The first kappa shape index (κ1) is 13.1. The fourth-order valence-corrected chi connectivity index (χ4v) is 1.35. The predicted molar refractivity (Wildman–Crippen MR) is 56.4 cm³/mol. The number of halogens is 2. The molecule has 0 saturated heterocycles. The average molecular weight is 239 g/mol. The van der Waals surface area contributed by atoms with Crippen LogP contribution in [0, 0.1) is 18.3 Å². The van der Waals surface area contributed by atoms with Crippen LogP contribution in [0.1, 0.15) is 23.6 Å². The van der Waals surface area contributed by atoms with Gasteiger partial charge in [-0.25, -0.2) is 4.79 Å². The number of ether oxygens (including phenoxy) is 1. The third-order valence-electron chi connectivity index (χ3n) is 2.17. The highest BCUT2D eigenvalue weighted by molar-refractivity contribution is 5.80. The summed E-state index contributed by atoms with van der Waals surface area (Å²) in [7, 11) is 0. The van der Waals surface area contributed by atoms with E-state index in [0.717, 1.165) is 6.07 Å². The fourth-order valence-electron chi connectivity index (χ4n) is 1.35. The molecule has 0 saturated carbocycles. The Labute approximate surface area is 97.6 Å². The highest BCUT2D eigenvalue weighted by Crippen LogP contribution is 2.32. The molecule has 0 heterocycles. The number of alkyl halides is 2. The highest BCUT2D eigenvalue weighted by atomic mass is 19.3. The van der Waals surface area contributed by atoms with Crippen LogP contribution in [-0.4, -0.2) is 12.6 Å². The summed E-state index contributed by atoms with van der Waals surface area (Å²) in [6.45, 7) is 2.91. The van der Waals surface area contributed by atoms with Crippen LogP contribution in [0.25, 0.3) is 0 Å². The quantitative estimate of drug-likeness (QED) is 0.761. The Kier molecular flexibility index (Phi) is 3.79. The monoisotopic (exact) mass is 239 g/mol. The Hall–Kier alpha value is -1.96. The van der Waals surface area contributed by atoms with Gasteiger partial charge in [-0.2, -0.15) is 14.0 Å². The fraction of sp³-hybridized carbons (Fsp3) is 0.333. The molecule has 0 N–H and O–H groups in total. The van der Waals surface area contributed by atoms with Crippen molar-refractivity contribution in [1.29, 1.82) is 5.26 Å². The first-order chi connectivity index (χ1) is 7.93. The molecule has 1 rings (SSSR count). The Balaban J connectivity index is 3.27. The highest BCUT2D eigenvalue weighted by Gasteiger charge is 2.44. The smallest absolute Gasteiger partial charge is 0.382 e. The minimum absolute atomic E-state index is 0.137. The number of nitrogens with zero attached hydrogens (tertiary/aromatic N) is 1. The van der Waals surface area contributed by atoms with Crippen molar-refractivity contribution in [3.05, 3.63) is 34.9 Å². The number of hydrogen-bond acceptors (Lipinski definition) is 3. The number of hydrogen-bond donors (Lipinski definition) is 0. The van der Waals surface area contributed by atoms with Crippen molar-refractivity contribution in [3.63, 3.8) is 0 Å². The molecule has 90 valence electrons. The molecule has 0 atom stereocenters.